The van der Waals surface area contributed by atoms with Crippen molar-refractivity contribution in [3.63, 3.8) is 0 Å². The van der Waals surface area contributed by atoms with Gasteiger partial charge < -0.3 is 4.90 Å². The zero-order valence-corrected chi connectivity index (χ0v) is 30.2. The maximum atomic E-state index is 2.44. The summed E-state index contributed by atoms with van der Waals surface area (Å²) in [6.45, 7) is 0. The average molecular weight is 704 g/mol. The fourth-order valence-electron chi connectivity index (χ4n) is 8.66. The second-order valence-corrected chi connectivity index (χ2v) is 15.1. The van der Waals surface area contributed by atoms with Crippen molar-refractivity contribution >= 4 is 113 Å². The van der Waals surface area contributed by atoms with Crippen LogP contribution in [0, 0.1) is 0 Å². The SMILES string of the molecule is c1ccc(N(c2ccc3c4ccccc4c4ccccc4c4ccccc4c4c(ccc5c6ccccc6sc54)c3c2)c2cccc3ccccc23)cc1. The Morgan fingerprint density at radius 1 is 0.296 bits per heavy atom. The number of nitrogens with zero attached hydrogens (tertiary/aromatic N) is 1. The Balaban J connectivity index is 1.40. The van der Waals surface area contributed by atoms with Crippen molar-refractivity contribution < 1.29 is 0 Å². The first-order chi connectivity index (χ1) is 26.8. The summed E-state index contributed by atoms with van der Waals surface area (Å²) in [6.07, 6.45) is 0. The standard InChI is InChI=1S/C52H33NS/c1-2-17-35(18-3-1)53(49-27-14-16-34-15-4-5-19-37(34)49)36-29-30-43-41-23-9-7-21-39(41)38-20-6-8-22-40(38)42-24-10-11-26-45(42)51-46(48(43)33-36)31-32-47-44-25-12-13-28-50(44)54-52(47)51/h1-33H. The van der Waals surface area contributed by atoms with Crippen LogP contribution in [0.3, 0.4) is 0 Å². The lowest BCUT2D eigenvalue weighted by Crippen LogP contribution is -2.10. The van der Waals surface area contributed by atoms with Crippen molar-refractivity contribution in [3.8, 4) is 0 Å². The van der Waals surface area contributed by atoms with Crippen molar-refractivity contribution in [2.24, 2.45) is 0 Å². The minimum atomic E-state index is 1.11. The third kappa shape index (κ3) is 4.78. The first-order valence-electron chi connectivity index (χ1n) is 18.5. The number of para-hydroxylation sites is 1. The molecule has 0 spiro atoms. The highest BCUT2D eigenvalue weighted by Gasteiger charge is 2.18. The van der Waals surface area contributed by atoms with E-state index in [1.165, 1.54) is 84.8 Å². The molecular formula is C52H33NS. The zero-order valence-electron chi connectivity index (χ0n) is 29.4. The fraction of sp³-hybridized carbons (Fsp3) is 0. The van der Waals surface area contributed by atoms with E-state index < -0.39 is 0 Å². The largest absolute Gasteiger partial charge is 0.310 e. The van der Waals surface area contributed by atoms with Crippen LogP contribution in [0.4, 0.5) is 17.1 Å². The molecule has 0 fully saturated rings. The molecule has 252 valence electrons. The first-order valence-corrected chi connectivity index (χ1v) is 19.3. The van der Waals surface area contributed by atoms with Crippen molar-refractivity contribution in [1.82, 2.24) is 0 Å². The lowest BCUT2D eigenvalue weighted by molar-refractivity contribution is 1.30. The van der Waals surface area contributed by atoms with Gasteiger partial charge in [0.1, 0.15) is 0 Å². The quantitative estimate of drug-likeness (QED) is 0.177. The molecule has 2 heteroatoms. The van der Waals surface area contributed by atoms with E-state index >= 15 is 0 Å². The summed E-state index contributed by atoms with van der Waals surface area (Å²) in [6, 6.07) is 73.7. The van der Waals surface area contributed by atoms with Gasteiger partial charge in [0, 0.05) is 42.3 Å². The predicted molar refractivity (Wildman–Crippen MR) is 237 cm³/mol. The van der Waals surface area contributed by atoms with Crippen LogP contribution in [0.2, 0.25) is 0 Å². The summed E-state index contributed by atoms with van der Waals surface area (Å²) in [7, 11) is 0. The summed E-state index contributed by atoms with van der Waals surface area (Å²) >= 11 is 1.90. The van der Waals surface area contributed by atoms with Crippen LogP contribution >= 0.6 is 11.3 Å². The van der Waals surface area contributed by atoms with Crippen LogP contribution in [0.1, 0.15) is 0 Å². The van der Waals surface area contributed by atoms with Gasteiger partial charge in [0.25, 0.3) is 0 Å². The van der Waals surface area contributed by atoms with Crippen molar-refractivity contribution in [2.45, 2.75) is 0 Å². The molecule has 54 heavy (non-hydrogen) atoms. The van der Waals surface area contributed by atoms with Gasteiger partial charge in [-0.05, 0) is 90.3 Å². The lowest BCUT2D eigenvalue weighted by atomic mass is 9.93. The second kappa shape index (κ2) is 12.4. The molecule has 0 aliphatic heterocycles. The van der Waals surface area contributed by atoms with Crippen molar-refractivity contribution in [3.05, 3.63) is 200 Å². The molecule has 0 saturated carbocycles. The van der Waals surface area contributed by atoms with Gasteiger partial charge in [-0.3, -0.25) is 0 Å². The minimum Gasteiger partial charge on any atom is -0.310 e. The fourth-order valence-corrected chi connectivity index (χ4v) is 9.92. The molecule has 0 radical (unpaired) electrons. The molecule has 0 aliphatic rings. The maximum Gasteiger partial charge on any atom is 0.0540 e. The summed E-state index contributed by atoms with van der Waals surface area (Å²) in [5, 5.41) is 17.4. The van der Waals surface area contributed by atoms with Gasteiger partial charge in [-0.25, -0.2) is 0 Å². The highest BCUT2D eigenvalue weighted by atomic mass is 32.1. The molecule has 0 bridgehead atoms. The number of fused-ring (bicyclic) bond motifs is 15. The Bertz CT molecular complexity index is 3340. The lowest BCUT2D eigenvalue weighted by Gasteiger charge is -2.27. The highest BCUT2D eigenvalue weighted by molar-refractivity contribution is 7.26. The molecule has 11 aromatic rings. The van der Waals surface area contributed by atoms with E-state index in [0.717, 1.165) is 17.1 Å². The molecule has 0 saturated heterocycles. The Labute approximate surface area is 316 Å². The first kappa shape index (κ1) is 30.8. The predicted octanol–water partition coefficient (Wildman–Crippen LogP) is 15.6. The van der Waals surface area contributed by atoms with Crippen LogP contribution in [0.15, 0.2) is 200 Å². The Morgan fingerprint density at radius 3 is 1.48 bits per heavy atom. The molecule has 0 amide bonds. The van der Waals surface area contributed by atoms with Crippen molar-refractivity contribution in [1.29, 1.82) is 0 Å². The minimum absolute atomic E-state index is 1.11. The Morgan fingerprint density at radius 2 is 0.778 bits per heavy atom. The zero-order chi connectivity index (χ0) is 35.6. The van der Waals surface area contributed by atoms with Gasteiger partial charge in [0.2, 0.25) is 0 Å². The number of hydrogen-bond donors (Lipinski definition) is 0. The van der Waals surface area contributed by atoms with Crippen molar-refractivity contribution in [2.75, 3.05) is 4.90 Å². The Kier molecular flexibility index (Phi) is 7.11. The molecule has 11 rings (SSSR count). The number of anilines is 3. The highest BCUT2D eigenvalue weighted by Crippen LogP contribution is 2.45. The summed E-state index contributed by atoms with van der Waals surface area (Å²) in [4.78, 5) is 2.42. The number of benzene rings is 9. The normalized spacial score (nSPS) is 11.7. The topological polar surface area (TPSA) is 3.24 Å². The van der Waals surface area contributed by atoms with Crippen LogP contribution in [-0.2, 0) is 0 Å². The summed E-state index contributed by atoms with van der Waals surface area (Å²) in [5.74, 6) is 0. The van der Waals surface area contributed by atoms with E-state index in [1.54, 1.807) is 0 Å². The van der Waals surface area contributed by atoms with Gasteiger partial charge in [0.05, 0.1) is 5.69 Å². The van der Waals surface area contributed by atoms with Crippen LogP contribution in [-0.4, -0.2) is 0 Å². The second-order valence-electron chi connectivity index (χ2n) is 14.0. The van der Waals surface area contributed by atoms with Gasteiger partial charge in [-0.1, -0.05) is 164 Å². The van der Waals surface area contributed by atoms with Gasteiger partial charge >= 0.3 is 0 Å². The van der Waals surface area contributed by atoms with E-state index in [0.29, 0.717) is 0 Å². The molecule has 1 heterocycles. The monoisotopic (exact) mass is 703 g/mol. The number of rotatable bonds is 3. The molecule has 0 unspecified atom stereocenters. The van der Waals surface area contributed by atoms with Crippen LogP contribution < -0.4 is 4.90 Å². The van der Waals surface area contributed by atoms with E-state index in [4.69, 9.17) is 0 Å². The molecule has 10 aromatic carbocycles. The number of hydrogen-bond acceptors (Lipinski definition) is 2. The smallest absolute Gasteiger partial charge is 0.0540 e. The van der Waals surface area contributed by atoms with Crippen LogP contribution in [0.5, 0.6) is 0 Å². The maximum absolute atomic E-state index is 2.44. The van der Waals surface area contributed by atoms with Crippen LogP contribution in [0.25, 0.3) is 84.8 Å². The molecule has 0 aliphatic carbocycles. The average Bonchev–Trinajstić information content (AvgIpc) is 3.63. The molecular weight excluding hydrogens is 671 g/mol. The molecule has 1 aromatic heterocycles. The number of thiophene rings is 1. The van der Waals surface area contributed by atoms with E-state index in [1.807, 2.05) is 11.3 Å². The molecule has 0 N–H and O–H groups in total. The molecule has 0 atom stereocenters. The Hall–Kier alpha value is -6.74. The van der Waals surface area contributed by atoms with Gasteiger partial charge in [0.15, 0.2) is 0 Å². The van der Waals surface area contributed by atoms with Gasteiger partial charge in [-0.2, -0.15) is 0 Å². The van der Waals surface area contributed by atoms with E-state index in [-0.39, 0.29) is 0 Å². The summed E-state index contributed by atoms with van der Waals surface area (Å²) in [5.41, 5.74) is 3.38. The summed E-state index contributed by atoms with van der Waals surface area (Å²) < 4.78 is 2.62. The van der Waals surface area contributed by atoms with Gasteiger partial charge in [-0.15, -0.1) is 11.3 Å². The third-order valence-electron chi connectivity index (χ3n) is 11.0. The third-order valence-corrected chi connectivity index (χ3v) is 12.2. The van der Waals surface area contributed by atoms with E-state index in [2.05, 4.69) is 205 Å². The van der Waals surface area contributed by atoms with E-state index in [9.17, 15) is 0 Å². The molecule has 1 nitrogen and oxygen atoms in total.